The average molecular weight is 165 g/mol. The molecular weight excluding hydrogens is 146 g/mol. The molecule has 0 fully saturated rings. The second-order valence-electron chi connectivity index (χ2n) is 3.06. The summed E-state index contributed by atoms with van der Waals surface area (Å²) in [5, 5.41) is 0. The Morgan fingerprint density at radius 1 is 1.17 bits per heavy atom. The van der Waals surface area contributed by atoms with Crippen molar-refractivity contribution >= 4 is 0 Å². The highest BCUT2D eigenvalue weighted by atomic mass is 14.6. The fourth-order valence-corrected chi connectivity index (χ4v) is 0.853. The molecule has 1 heteroatoms. The van der Waals surface area contributed by atoms with Crippen molar-refractivity contribution in [3.8, 4) is 0 Å². The molecule has 0 rings (SSSR count). The zero-order chi connectivity index (χ0) is 9.40. The average Bonchev–Trinajstić information content (AvgIpc) is 2.04. The van der Waals surface area contributed by atoms with Gasteiger partial charge in [0.15, 0.2) is 0 Å². The van der Waals surface area contributed by atoms with Crippen molar-refractivity contribution in [1.82, 2.24) is 0 Å². The molecule has 0 unspecified atom stereocenters. The molecule has 0 bridgehead atoms. The molecule has 68 valence electrons. The van der Waals surface area contributed by atoms with Gasteiger partial charge in [-0.1, -0.05) is 24.3 Å². The standard InChI is InChI=1S/C11H19N/c1-4-11(5-2)9-7-6-8-10(3)12/h4-7,10-11H,1-2,8-9,12H2,3H3/b7-6+/t10-/m0/s1. The van der Waals surface area contributed by atoms with Gasteiger partial charge in [-0.05, 0) is 25.7 Å². The highest BCUT2D eigenvalue weighted by Gasteiger charge is 1.93. The lowest BCUT2D eigenvalue weighted by atomic mass is 10.1. The summed E-state index contributed by atoms with van der Waals surface area (Å²) in [5.74, 6) is 0.398. The smallest absolute Gasteiger partial charge is 0.00449 e. The summed E-state index contributed by atoms with van der Waals surface area (Å²) in [6.45, 7) is 9.43. The third-order valence-electron chi connectivity index (χ3n) is 1.69. The van der Waals surface area contributed by atoms with E-state index < -0.39 is 0 Å². The molecule has 0 aliphatic heterocycles. The van der Waals surface area contributed by atoms with Crippen molar-refractivity contribution in [3.05, 3.63) is 37.5 Å². The van der Waals surface area contributed by atoms with E-state index in [4.69, 9.17) is 5.73 Å². The Morgan fingerprint density at radius 3 is 2.08 bits per heavy atom. The number of hydrogen-bond acceptors (Lipinski definition) is 1. The molecule has 0 saturated carbocycles. The molecule has 0 aromatic heterocycles. The largest absolute Gasteiger partial charge is 0.328 e. The molecule has 0 spiro atoms. The van der Waals surface area contributed by atoms with E-state index in [1.807, 2.05) is 19.1 Å². The quantitative estimate of drug-likeness (QED) is 0.602. The van der Waals surface area contributed by atoms with Crippen LogP contribution in [0.5, 0.6) is 0 Å². The van der Waals surface area contributed by atoms with Crippen LogP contribution in [-0.4, -0.2) is 6.04 Å². The normalized spacial score (nSPS) is 13.6. The zero-order valence-electron chi connectivity index (χ0n) is 7.87. The first-order valence-corrected chi connectivity index (χ1v) is 4.36. The van der Waals surface area contributed by atoms with E-state index in [1.165, 1.54) is 0 Å². The van der Waals surface area contributed by atoms with Crippen LogP contribution < -0.4 is 5.73 Å². The Labute approximate surface area is 75.7 Å². The van der Waals surface area contributed by atoms with E-state index in [9.17, 15) is 0 Å². The van der Waals surface area contributed by atoms with Gasteiger partial charge in [0.05, 0.1) is 0 Å². The van der Waals surface area contributed by atoms with E-state index in [-0.39, 0.29) is 6.04 Å². The van der Waals surface area contributed by atoms with Gasteiger partial charge in [0, 0.05) is 6.04 Å². The minimum absolute atomic E-state index is 0.257. The minimum Gasteiger partial charge on any atom is -0.328 e. The van der Waals surface area contributed by atoms with Crippen LogP contribution in [0.15, 0.2) is 37.5 Å². The van der Waals surface area contributed by atoms with Crippen molar-refractivity contribution in [1.29, 1.82) is 0 Å². The van der Waals surface area contributed by atoms with Crippen LogP contribution in [0.2, 0.25) is 0 Å². The molecule has 1 nitrogen and oxygen atoms in total. The van der Waals surface area contributed by atoms with Crippen molar-refractivity contribution in [2.75, 3.05) is 0 Å². The van der Waals surface area contributed by atoms with Gasteiger partial charge in [-0.25, -0.2) is 0 Å². The maximum atomic E-state index is 5.58. The van der Waals surface area contributed by atoms with Crippen LogP contribution in [0.25, 0.3) is 0 Å². The Balaban J connectivity index is 3.57. The molecule has 0 heterocycles. The number of nitrogens with two attached hydrogens (primary N) is 1. The van der Waals surface area contributed by atoms with Crippen molar-refractivity contribution in [3.63, 3.8) is 0 Å². The number of rotatable bonds is 6. The van der Waals surface area contributed by atoms with Gasteiger partial charge in [0.2, 0.25) is 0 Å². The van der Waals surface area contributed by atoms with Gasteiger partial charge in [-0.3, -0.25) is 0 Å². The fraction of sp³-hybridized carbons (Fsp3) is 0.455. The predicted molar refractivity (Wildman–Crippen MR) is 55.9 cm³/mol. The van der Waals surface area contributed by atoms with Crippen LogP contribution in [0.4, 0.5) is 0 Å². The predicted octanol–water partition coefficient (Wildman–Crippen LogP) is 2.66. The summed E-state index contributed by atoms with van der Waals surface area (Å²) in [6.07, 6.45) is 10.00. The molecular formula is C11H19N. The van der Waals surface area contributed by atoms with Gasteiger partial charge in [-0.2, -0.15) is 0 Å². The van der Waals surface area contributed by atoms with Gasteiger partial charge >= 0.3 is 0 Å². The lowest BCUT2D eigenvalue weighted by Crippen LogP contribution is -2.12. The summed E-state index contributed by atoms with van der Waals surface area (Å²) in [6, 6.07) is 0.257. The molecule has 0 aliphatic rings. The van der Waals surface area contributed by atoms with Crippen LogP contribution >= 0.6 is 0 Å². The van der Waals surface area contributed by atoms with Crippen LogP contribution in [-0.2, 0) is 0 Å². The van der Waals surface area contributed by atoms with E-state index in [1.54, 1.807) is 0 Å². The first-order valence-electron chi connectivity index (χ1n) is 4.36. The highest BCUT2D eigenvalue weighted by molar-refractivity contribution is 4.98. The topological polar surface area (TPSA) is 26.0 Å². The van der Waals surface area contributed by atoms with E-state index in [0.29, 0.717) is 5.92 Å². The molecule has 0 aromatic carbocycles. The number of allylic oxidation sites excluding steroid dienone is 3. The monoisotopic (exact) mass is 165 g/mol. The van der Waals surface area contributed by atoms with Crippen molar-refractivity contribution < 1.29 is 0 Å². The summed E-state index contributed by atoms with van der Waals surface area (Å²) in [5.41, 5.74) is 5.58. The third-order valence-corrected chi connectivity index (χ3v) is 1.69. The van der Waals surface area contributed by atoms with Crippen LogP contribution in [0.3, 0.4) is 0 Å². The summed E-state index contributed by atoms with van der Waals surface area (Å²) < 4.78 is 0. The molecule has 0 aromatic rings. The molecule has 0 amide bonds. The van der Waals surface area contributed by atoms with Crippen LogP contribution in [0.1, 0.15) is 19.8 Å². The Bertz CT molecular complexity index is 148. The summed E-state index contributed by atoms with van der Waals surface area (Å²) in [7, 11) is 0. The third kappa shape index (κ3) is 5.93. The molecule has 0 saturated heterocycles. The maximum Gasteiger partial charge on any atom is 0.00449 e. The Hall–Kier alpha value is -0.820. The lowest BCUT2D eigenvalue weighted by Gasteiger charge is -2.01. The zero-order valence-corrected chi connectivity index (χ0v) is 7.87. The summed E-state index contributed by atoms with van der Waals surface area (Å²) >= 11 is 0. The SMILES string of the molecule is C=CC(C=C)C/C=C/C[C@H](C)N. The van der Waals surface area contributed by atoms with E-state index in [2.05, 4.69) is 25.3 Å². The van der Waals surface area contributed by atoms with Crippen LogP contribution in [0, 0.1) is 5.92 Å². The van der Waals surface area contributed by atoms with E-state index in [0.717, 1.165) is 12.8 Å². The molecule has 0 radical (unpaired) electrons. The first kappa shape index (κ1) is 11.2. The molecule has 2 N–H and O–H groups in total. The summed E-state index contributed by atoms with van der Waals surface area (Å²) in [4.78, 5) is 0. The number of hydrogen-bond donors (Lipinski definition) is 1. The lowest BCUT2D eigenvalue weighted by molar-refractivity contribution is 0.750. The maximum absolute atomic E-state index is 5.58. The van der Waals surface area contributed by atoms with E-state index >= 15 is 0 Å². The van der Waals surface area contributed by atoms with Crippen molar-refractivity contribution in [2.24, 2.45) is 11.7 Å². The molecule has 0 aliphatic carbocycles. The Kier molecular flexibility index (Phi) is 6.39. The van der Waals surface area contributed by atoms with Gasteiger partial charge in [0.25, 0.3) is 0 Å². The molecule has 1 atom stereocenters. The Morgan fingerprint density at radius 2 is 1.67 bits per heavy atom. The van der Waals surface area contributed by atoms with Gasteiger partial charge < -0.3 is 5.73 Å². The van der Waals surface area contributed by atoms with Gasteiger partial charge in [-0.15, -0.1) is 13.2 Å². The fourth-order valence-electron chi connectivity index (χ4n) is 0.853. The highest BCUT2D eigenvalue weighted by Crippen LogP contribution is 2.06. The second-order valence-corrected chi connectivity index (χ2v) is 3.06. The van der Waals surface area contributed by atoms with Gasteiger partial charge in [0.1, 0.15) is 0 Å². The first-order chi connectivity index (χ1) is 5.70. The van der Waals surface area contributed by atoms with Crippen molar-refractivity contribution in [2.45, 2.75) is 25.8 Å². The molecule has 12 heavy (non-hydrogen) atoms. The second kappa shape index (κ2) is 6.86. The minimum atomic E-state index is 0.257.